The summed E-state index contributed by atoms with van der Waals surface area (Å²) in [7, 11) is -3.59. The molecule has 0 saturated heterocycles. The Hall–Kier alpha value is -3.36. The van der Waals surface area contributed by atoms with Crippen LogP contribution in [0.25, 0.3) is 0 Å². The molecule has 2 atom stereocenters. The first-order valence-corrected chi connectivity index (χ1v) is 16.6. The van der Waals surface area contributed by atoms with Gasteiger partial charge in [0.05, 0.1) is 11.9 Å². The lowest BCUT2D eigenvalue weighted by atomic mass is 10.0. The van der Waals surface area contributed by atoms with E-state index in [4.69, 9.17) is 11.6 Å². The van der Waals surface area contributed by atoms with Crippen molar-refractivity contribution in [2.24, 2.45) is 0 Å². The van der Waals surface area contributed by atoms with E-state index in [0.717, 1.165) is 28.7 Å². The van der Waals surface area contributed by atoms with Crippen molar-refractivity contribution in [3.8, 4) is 0 Å². The van der Waals surface area contributed by atoms with Crippen LogP contribution in [0.5, 0.6) is 0 Å². The molecule has 0 bridgehead atoms. The standard InChI is InChI=1S/C33H42ClN3O4S/c1-6-25(3)35-33(39)31(22-27-15-8-7-9-16-27)36(23-28-17-10-11-18-29(28)34)32(38)20-13-21-37(42(5,40)41)30-19-12-14-24(2)26(30)4/h7-12,14-19,25,31H,6,13,20-23H2,1-5H3,(H,35,39)/t25-,31-/m0/s1. The van der Waals surface area contributed by atoms with E-state index in [0.29, 0.717) is 17.1 Å². The molecule has 0 unspecified atom stereocenters. The summed E-state index contributed by atoms with van der Waals surface area (Å²) in [6.45, 7) is 8.04. The second-order valence-corrected chi connectivity index (χ2v) is 13.1. The summed E-state index contributed by atoms with van der Waals surface area (Å²) in [4.78, 5) is 29.2. The van der Waals surface area contributed by atoms with Crippen molar-refractivity contribution in [1.29, 1.82) is 0 Å². The normalized spacial score (nSPS) is 12.8. The second-order valence-electron chi connectivity index (χ2n) is 10.8. The zero-order valence-electron chi connectivity index (χ0n) is 25.1. The number of aryl methyl sites for hydroxylation is 1. The summed E-state index contributed by atoms with van der Waals surface area (Å²) in [6.07, 6.45) is 2.60. The molecule has 0 spiro atoms. The number of halogens is 1. The van der Waals surface area contributed by atoms with Crippen LogP contribution in [0.15, 0.2) is 72.8 Å². The number of rotatable bonds is 14. The average Bonchev–Trinajstić information content (AvgIpc) is 2.95. The molecule has 0 aliphatic carbocycles. The van der Waals surface area contributed by atoms with Crippen molar-refractivity contribution in [3.05, 3.63) is 100 Å². The second kappa shape index (κ2) is 15.2. The van der Waals surface area contributed by atoms with Gasteiger partial charge in [-0.3, -0.25) is 13.9 Å². The van der Waals surface area contributed by atoms with E-state index < -0.39 is 16.1 Å². The molecule has 3 rings (SSSR count). The van der Waals surface area contributed by atoms with Gasteiger partial charge in [0.25, 0.3) is 0 Å². The average molecular weight is 612 g/mol. The number of carbonyl (C=O) groups excluding carboxylic acids is 2. The van der Waals surface area contributed by atoms with Crippen LogP contribution >= 0.6 is 11.6 Å². The number of anilines is 1. The van der Waals surface area contributed by atoms with Crippen molar-refractivity contribution in [2.75, 3.05) is 17.1 Å². The van der Waals surface area contributed by atoms with Crippen LogP contribution in [0.1, 0.15) is 55.4 Å². The number of nitrogens with zero attached hydrogens (tertiary/aromatic N) is 2. The molecule has 0 saturated carbocycles. The third-order valence-corrected chi connectivity index (χ3v) is 9.12. The molecule has 3 aromatic rings. The number of benzene rings is 3. The van der Waals surface area contributed by atoms with Crippen molar-refractivity contribution in [3.63, 3.8) is 0 Å². The smallest absolute Gasteiger partial charge is 0.243 e. The van der Waals surface area contributed by atoms with Gasteiger partial charge in [-0.15, -0.1) is 0 Å². The zero-order valence-corrected chi connectivity index (χ0v) is 26.7. The lowest BCUT2D eigenvalue weighted by Gasteiger charge is -2.33. The van der Waals surface area contributed by atoms with E-state index in [1.165, 1.54) is 10.6 Å². The predicted octanol–water partition coefficient (Wildman–Crippen LogP) is 6.06. The van der Waals surface area contributed by atoms with E-state index in [-0.39, 0.29) is 43.8 Å². The molecule has 0 heterocycles. The quantitative estimate of drug-likeness (QED) is 0.240. The highest BCUT2D eigenvalue weighted by Crippen LogP contribution is 2.26. The molecule has 0 aromatic heterocycles. The Bertz CT molecular complexity index is 1460. The van der Waals surface area contributed by atoms with Gasteiger partial charge >= 0.3 is 0 Å². The van der Waals surface area contributed by atoms with Gasteiger partial charge in [-0.05, 0) is 68.0 Å². The van der Waals surface area contributed by atoms with Crippen LogP contribution in [-0.2, 0) is 32.6 Å². The number of amides is 2. The molecule has 0 radical (unpaired) electrons. The van der Waals surface area contributed by atoms with Gasteiger partial charge in [-0.25, -0.2) is 8.42 Å². The lowest BCUT2D eigenvalue weighted by Crippen LogP contribution is -2.52. The number of hydrogen-bond acceptors (Lipinski definition) is 4. The number of sulfonamides is 1. The van der Waals surface area contributed by atoms with Gasteiger partial charge in [0.1, 0.15) is 6.04 Å². The molecule has 226 valence electrons. The molecule has 0 aliphatic rings. The van der Waals surface area contributed by atoms with Crippen LogP contribution in [0.2, 0.25) is 5.02 Å². The minimum Gasteiger partial charge on any atom is -0.352 e. The van der Waals surface area contributed by atoms with Crippen LogP contribution < -0.4 is 9.62 Å². The van der Waals surface area contributed by atoms with E-state index in [1.54, 1.807) is 17.0 Å². The van der Waals surface area contributed by atoms with E-state index in [9.17, 15) is 18.0 Å². The van der Waals surface area contributed by atoms with Crippen LogP contribution in [0.3, 0.4) is 0 Å². The van der Waals surface area contributed by atoms with Crippen LogP contribution in [0.4, 0.5) is 5.69 Å². The Morgan fingerprint density at radius 3 is 2.26 bits per heavy atom. The monoisotopic (exact) mass is 611 g/mol. The summed E-state index contributed by atoms with van der Waals surface area (Å²) < 4.78 is 26.9. The highest BCUT2D eigenvalue weighted by atomic mass is 35.5. The van der Waals surface area contributed by atoms with Gasteiger partial charge < -0.3 is 10.2 Å². The molecule has 42 heavy (non-hydrogen) atoms. The molecule has 1 N–H and O–H groups in total. The first kappa shape index (κ1) is 33.1. The minimum atomic E-state index is -3.59. The maximum absolute atomic E-state index is 14.0. The van der Waals surface area contributed by atoms with Crippen molar-refractivity contribution < 1.29 is 18.0 Å². The fourth-order valence-corrected chi connectivity index (χ4v) is 6.00. The maximum atomic E-state index is 14.0. The molecule has 3 aromatic carbocycles. The minimum absolute atomic E-state index is 0.0588. The number of hydrogen-bond donors (Lipinski definition) is 1. The summed E-state index contributed by atoms with van der Waals surface area (Å²) >= 11 is 6.50. The molecule has 0 aliphatic heterocycles. The Labute approximate surface area is 255 Å². The van der Waals surface area contributed by atoms with Crippen LogP contribution in [-0.4, -0.2) is 50.0 Å². The van der Waals surface area contributed by atoms with E-state index in [1.807, 2.05) is 88.4 Å². The maximum Gasteiger partial charge on any atom is 0.243 e. The van der Waals surface area contributed by atoms with E-state index in [2.05, 4.69) is 5.32 Å². The Morgan fingerprint density at radius 1 is 0.952 bits per heavy atom. The number of nitrogens with one attached hydrogen (secondary N) is 1. The fourth-order valence-electron chi connectivity index (χ4n) is 4.79. The lowest BCUT2D eigenvalue weighted by molar-refractivity contribution is -0.141. The third-order valence-electron chi connectivity index (χ3n) is 7.57. The highest BCUT2D eigenvalue weighted by molar-refractivity contribution is 7.92. The number of carbonyl (C=O) groups is 2. The van der Waals surface area contributed by atoms with Gasteiger partial charge in [-0.1, -0.05) is 79.2 Å². The zero-order chi connectivity index (χ0) is 30.9. The third kappa shape index (κ3) is 9.07. The molecule has 0 fully saturated rings. The molecular formula is C33H42ClN3O4S. The van der Waals surface area contributed by atoms with Crippen molar-refractivity contribution in [2.45, 2.75) is 72.0 Å². The predicted molar refractivity (Wildman–Crippen MR) is 171 cm³/mol. The molecule has 2 amide bonds. The van der Waals surface area contributed by atoms with Gasteiger partial charge in [0.15, 0.2) is 0 Å². The first-order chi connectivity index (χ1) is 19.9. The highest BCUT2D eigenvalue weighted by Gasteiger charge is 2.31. The Kier molecular flexibility index (Phi) is 12.0. The van der Waals surface area contributed by atoms with Gasteiger partial charge in [0, 0.05) is 37.0 Å². The topological polar surface area (TPSA) is 86.8 Å². The summed E-state index contributed by atoms with van der Waals surface area (Å²) in [5, 5.41) is 3.57. The van der Waals surface area contributed by atoms with Gasteiger partial charge in [-0.2, -0.15) is 0 Å². The van der Waals surface area contributed by atoms with Crippen molar-refractivity contribution >= 4 is 39.1 Å². The van der Waals surface area contributed by atoms with Gasteiger partial charge in [0.2, 0.25) is 21.8 Å². The Morgan fingerprint density at radius 2 is 1.62 bits per heavy atom. The van der Waals surface area contributed by atoms with E-state index >= 15 is 0 Å². The fraction of sp³-hybridized carbons (Fsp3) is 0.394. The van der Waals surface area contributed by atoms with Crippen LogP contribution in [0, 0.1) is 13.8 Å². The SMILES string of the molecule is CC[C@H](C)NC(=O)[C@H](Cc1ccccc1)N(Cc1ccccc1Cl)C(=O)CCCN(c1cccc(C)c1C)S(C)(=O)=O. The molecule has 9 heteroatoms. The molecule has 7 nitrogen and oxygen atoms in total. The largest absolute Gasteiger partial charge is 0.352 e. The first-order valence-electron chi connectivity index (χ1n) is 14.3. The summed E-state index contributed by atoms with van der Waals surface area (Å²) in [5.74, 6) is -0.480. The Balaban J connectivity index is 1.92. The summed E-state index contributed by atoms with van der Waals surface area (Å²) in [6, 6.07) is 21.6. The van der Waals surface area contributed by atoms with Crippen molar-refractivity contribution in [1.82, 2.24) is 10.2 Å². The summed E-state index contributed by atoms with van der Waals surface area (Å²) in [5.41, 5.74) is 4.12. The molecular weight excluding hydrogens is 570 g/mol.